The first-order chi connectivity index (χ1) is 22.8. The molecule has 3 heterocycles. The van der Waals surface area contributed by atoms with Crippen molar-refractivity contribution in [2.24, 2.45) is 0 Å². The number of carboxylic acid groups (broad SMARTS) is 1. The maximum Gasteiger partial charge on any atom is 0.346 e. The fraction of sp³-hybridized carbons (Fsp3) is 0.0732. The Morgan fingerprint density at radius 3 is 2.28 bits per heavy atom. The number of rotatable bonds is 6. The van der Waals surface area contributed by atoms with E-state index in [0.29, 0.717) is 0 Å². The van der Waals surface area contributed by atoms with Crippen molar-refractivity contribution < 1.29 is 9.90 Å². The van der Waals surface area contributed by atoms with Crippen LogP contribution in [0.2, 0.25) is 0 Å². The molecule has 0 amide bonds. The summed E-state index contributed by atoms with van der Waals surface area (Å²) >= 11 is 3.18. The lowest BCUT2D eigenvalue weighted by molar-refractivity contribution is -0.132. The summed E-state index contributed by atoms with van der Waals surface area (Å²) in [6, 6.07) is 40.9. The van der Waals surface area contributed by atoms with E-state index in [4.69, 9.17) is 10.4 Å². The van der Waals surface area contributed by atoms with Gasteiger partial charge in [0.05, 0.1) is 11.0 Å². The Labute approximate surface area is 280 Å². The third-order valence-corrected chi connectivity index (χ3v) is 11.2. The fourth-order valence-electron chi connectivity index (χ4n) is 6.82. The molecule has 0 saturated carbocycles. The van der Waals surface area contributed by atoms with E-state index in [1.54, 1.807) is 17.4 Å². The molecule has 8 rings (SSSR count). The van der Waals surface area contributed by atoms with E-state index in [0.717, 1.165) is 14.6 Å². The van der Waals surface area contributed by atoms with Crippen LogP contribution in [0.1, 0.15) is 39.6 Å². The Kier molecular flexibility index (Phi) is 6.84. The number of para-hydroxylation sites is 1. The molecular formula is C41H28N2O2S2. The molecule has 0 atom stereocenters. The summed E-state index contributed by atoms with van der Waals surface area (Å²) in [6.45, 7) is 4.65. The Morgan fingerprint density at radius 1 is 0.745 bits per heavy atom. The summed E-state index contributed by atoms with van der Waals surface area (Å²) in [5.41, 5.74) is 9.79. The average Bonchev–Trinajstić information content (AvgIpc) is 3.86. The van der Waals surface area contributed by atoms with Crippen molar-refractivity contribution in [2.75, 3.05) is 0 Å². The maximum atomic E-state index is 11.2. The van der Waals surface area contributed by atoms with Gasteiger partial charge < -0.3 is 9.67 Å². The molecule has 3 aromatic heterocycles. The topological polar surface area (TPSA) is 66.0 Å². The van der Waals surface area contributed by atoms with E-state index in [9.17, 15) is 4.79 Å². The molecule has 6 heteroatoms. The summed E-state index contributed by atoms with van der Waals surface area (Å²) in [5.74, 6) is -1.22. The zero-order chi connectivity index (χ0) is 32.3. The molecule has 0 radical (unpaired) electrons. The second-order valence-corrected chi connectivity index (χ2v) is 14.5. The molecule has 1 aliphatic rings. The van der Waals surface area contributed by atoms with Gasteiger partial charge in [-0.2, -0.15) is 5.26 Å². The summed E-state index contributed by atoms with van der Waals surface area (Å²) in [7, 11) is 0. The van der Waals surface area contributed by atoms with Crippen LogP contribution in [0.3, 0.4) is 0 Å². The van der Waals surface area contributed by atoms with Crippen LogP contribution in [0.25, 0.3) is 67.3 Å². The van der Waals surface area contributed by atoms with Crippen molar-refractivity contribution in [3.05, 3.63) is 141 Å². The van der Waals surface area contributed by atoms with E-state index in [1.807, 2.05) is 18.2 Å². The minimum absolute atomic E-state index is 0.0662. The number of aromatic nitrogens is 1. The van der Waals surface area contributed by atoms with E-state index in [2.05, 4.69) is 122 Å². The number of aliphatic carboxylic acids is 1. The highest BCUT2D eigenvalue weighted by Gasteiger charge is 2.35. The number of carboxylic acids is 1. The quantitative estimate of drug-likeness (QED) is 0.145. The van der Waals surface area contributed by atoms with Gasteiger partial charge in [-0.1, -0.05) is 68.4 Å². The molecule has 4 aromatic carbocycles. The molecule has 226 valence electrons. The van der Waals surface area contributed by atoms with Crippen molar-refractivity contribution in [3.8, 4) is 33.3 Å². The Balaban J connectivity index is 1.14. The van der Waals surface area contributed by atoms with Crippen LogP contribution in [-0.2, 0) is 10.2 Å². The van der Waals surface area contributed by atoms with Crippen LogP contribution >= 0.6 is 22.7 Å². The van der Waals surface area contributed by atoms with Gasteiger partial charge in [0.25, 0.3) is 0 Å². The standard InChI is InChI=1S/C41H28N2O2S2/c1-41(2)35-9-5-3-7-31(35)32-18-12-27(23-36(32)41)43-37-10-6-4-8-33(37)34-22-25(11-19-38(34)43)39-20-17-29(47-39)14-13-28-15-16-30(46-28)21-26(24-42)40(44)45/h3-23H,1-2H3,(H,44,45)/b14-13+,26-21+. The smallest absolute Gasteiger partial charge is 0.346 e. The number of fused-ring (bicyclic) bond motifs is 6. The lowest BCUT2D eigenvalue weighted by atomic mass is 9.82. The van der Waals surface area contributed by atoms with Crippen LogP contribution in [0, 0.1) is 11.3 Å². The van der Waals surface area contributed by atoms with Gasteiger partial charge in [0.15, 0.2) is 0 Å². The van der Waals surface area contributed by atoms with Crippen LogP contribution < -0.4 is 0 Å². The SMILES string of the molecule is CC1(C)c2ccccc2-c2ccc(-n3c4ccccc4c4cc(-c5ccc(/C=C/c6ccc(/C=C(\C#N)C(=O)O)s6)s5)ccc43)cc21. The van der Waals surface area contributed by atoms with Crippen LogP contribution in [0.15, 0.2) is 115 Å². The summed E-state index contributed by atoms with van der Waals surface area (Å²) < 4.78 is 2.40. The molecular weight excluding hydrogens is 617 g/mol. The van der Waals surface area contributed by atoms with Gasteiger partial charge in [-0.05, 0) is 101 Å². The number of nitriles is 1. The van der Waals surface area contributed by atoms with Crippen molar-refractivity contribution in [2.45, 2.75) is 19.3 Å². The molecule has 1 aliphatic carbocycles. The Hall–Kier alpha value is -5.48. The van der Waals surface area contributed by atoms with E-state index in [-0.39, 0.29) is 11.0 Å². The average molecular weight is 645 g/mol. The molecule has 0 saturated heterocycles. The van der Waals surface area contributed by atoms with Gasteiger partial charge in [0.2, 0.25) is 0 Å². The predicted molar refractivity (Wildman–Crippen MR) is 196 cm³/mol. The first kappa shape index (κ1) is 29.0. The zero-order valence-electron chi connectivity index (χ0n) is 25.7. The summed E-state index contributed by atoms with van der Waals surface area (Å²) in [4.78, 5) is 15.2. The second kappa shape index (κ2) is 11.1. The van der Waals surface area contributed by atoms with E-state index in [1.165, 1.54) is 77.6 Å². The van der Waals surface area contributed by atoms with E-state index < -0.39 is 5.97 Å². The van der Waals surface area contributed by atoms with E-state index >= 15 is 0 Å². The lowest BCUT2D eigenvalue weighted by Crippen LogP contribution is -2.15. The first-order valence-electron chi connectivity index (χ1n) is 15.3. The molecule has 0 fully saturated rings. The minimum Gasteiger partial charge on any atom is -0.477 e. The lowest BCUT2D eigenvalue weighted by Gasteiger charge is -2.22. The number of hydrogen-bond donors (Lipinski definition) is 1. The molecule has 0 aliphatic heterocycles. The fourth-order valence-corrected chi connectivity index (χ4v) is 8.58. The normalized spacial score (nSPS) is 13.7. The Morgan fingerprint density at radius 2 is 1.45 bits per heavy atom. The Bertz CT molecular complexity index is 2500. The van der Waals surface area contributed by atoms with Gasteiger partial charge in [-0.15, -0.1) is 22.7 Å². The molecule has 0 bridgehead atoms. The van der Waals surface area contributed by atoms with Gasteiger partial charge in [-0.3, -0.25) is 0 Å². The second-order valence-electron chi connectivity index (χ2n) is 12.2. The van der Waals surface area contributed by atoms with Crippen LogP contribution in [-0.4, -0.2) is 15.6 Å². The largest absolute Gasteiger partial charge is 0.477 e. The highest BCUT2D eigenvalue weighted by atomic mass is 32.1. The number of benzene rings is 4. The monoisotopic (exact) mass is 644 g/mol. The van der Waals surface area contributed by atoms with Gasteiger partial charge in [0.1, 0.15) is 11.6 Å². The highest BCUT2D eigenvalue weighted by Crippen LogP contribution is 2.49. The predicted octanol–water partition coefficient (Wildman–Crippen LogP) is 11.0. The first-order valence-corrected chi connectivity index (χ1v) is 17.0. The van der Waals surface area contributed by atoms with Gasteiger partial charge in [-0.25, -0.2) is 4.79 Å². The third kappa shape index (κ3) is 4.83. The van der Waals surface area contributed by atoms with Crippen molar-refractivity contribution in [1.82, 2.24) is 4.57 Å². The third-order valence-electron chi connectivity index (χ3n) is 9.11. The van der Waals surface area contributed by atoms with Gasteiger partial charge >= 0.3 is 5.97 Å². The number of hydrogen-bond acceptors (Lipinski definition) is 4. The molecule has 0 spiro atoms. The summed E-state index contributed by atoms with van der Waals surface area (Å²) in [5, 5.41) is 20.6. The molecule has 47 heavy (non-hydrogen) atoms. The zero-order valence-corrected chi connectivity index (χ0v) is 27.3. The number of carbonyl (C=O) groups is 1. The number of nitrogens with zero attached hydrogens (tertiary/aromatic N) is 2. The van der Waals surface area contributed by atoms with Crippen molar-refractivity contribution in [1.29, 1.82) is 5.26 Å². The number of thiophene rings is 2. The molecule has 4 nitrogen and oxygen atoms in total. The minimum atomic E-state index is -1.22. The van der Waals surface area contributed by atoms with Gasteiger partial charge in [0, 0.05) is 41.4 Å². The molecule has 1 N–H and O–H groups in total. The van der Waals surface area contributed by atoms with Crippen molar-refractivity contribution in [3.63, 3.8) is 0 Å². The van der Waals surface area contributed by atoms with Crippen molar-refractivity contribution >= 4 is 68.7 Å². The summed E-state index contributed by atoms with van der Waals surface area (Å²) in [6.07, 6.45) is 5.51. The highest BCUT2D eigenvalue weighted by molar-refractivity contribution is 7.16. The van der Waals surface area contributed by atoms with Crippen LogP contribution in [0.4, 0.5) is 0 Å². The molecule has 7 aromatic rings. The molecule has 0 unspecified atom stereocenters. The van der Waals surface area contributed by atoms with Crippen LogP contribution in [0.5, 0.6) is 0 Å². The maximum absolute atomic E-state index is 11.2.